The van der Waals surface area contributed by atoms with E-state index >= 15 is 0 Å². The molecule has 0 aromatic heterocycles. The first kappa shape index (κ1) is 13.6. The van der Waals surface area contributed by atoms with Crippen molar-refractivity contribution in [3.63, 3.8) is 0 Å². The maximum Gasteiger partial charge on any atom is 0.119 e. The first-order valence-corrected chi connectivity index (χ1v) is 6.61. The summed E-state index contributed by atoms with van der Waals surface area (Å²) in [5.41, 5.74) is 0. The number of nitrogens with zero attached hydrogens (tertiary/aromatic N) is 1. The number of hydrogen-bond donors (Lipinski definition) is 2. The molecule has 5 heteroatoms. The van der Waals surface area contributed by atoms with Gasteiger partial charge >= 0.3 is 0 Å². The van der Waals surface area contributed by atoms with Gasteiger partial charge in [0, 0.05) is 37.2 Å². The van der Waals surface area contributed by atoms with Crippen LogP contribution in [0, 0.1) is 0 Å². The van der Waals surface area contributed by atoms with Gasteiger partial charge in [0.05, 0.1) is 6.61 Å². The van der Waals surface area contributed by atoms with Gasteiger partial charge in [0.15, 0.2) is 0 Å². The van der Waals surface area contributed by atoms with Gasteiger partial charge in [-0.3, -0.25) is 4.90 Å². The summed E-state index contributed by atoms with van der Waals surface area (Å²) >= 11 is 5.81. The molecule has 1 fully saturated rings. The smallest absolute Gasteiger partial charge is 0.119 e. The van der Waals surface area contributed by atoms with Crippen molar-refractivity contribution in [2.75, 3.05) is 39.4 Å². The molecule has 1 aliphatic heterocycles. The number of piperazine rings is 1. The van der Waals surface area contributed by atoms with Gasteiger partial charge in [0.25, 0.3) is 0 Å². The largest absolute Gasteiger partial charge is 0.492 e. The first-order chi connectivity index (χ1) is 8.79. The van der Waals surface area contributed by atoms with Crippen LogP contribution in [0.25, 0.3) is 0 Å². The molecule has 0 amide bonds. The van der Waals surface area contributed by atoms with Gasteiger partial charge in [0.2, 0.25) is 0 Å². The average Bonchev–Trinajstić information content (AvgIpc) is 2.41. The Balaban J connectivity index is 1.75. The number of rotatable bonds is 5. The zero-order valence-electron chi connectivity index (χ0n) is 10.3. The summed E-state index contributed by atoms with van der Waals surface area (Å²) < 4.78 is 5.65. The molecule has 0 bridgehead atoms. The Morgan fingerprint density at radius 2 is 2.17 bits per heavy atom. The molecule has 4 nitrogen and oxygen atoms in total. The van der Waals surface area contributed by atoms with Crippen LogP contribution in [0.3, 0.4) is 0 Å². The van der Waals surface area contributed by atoms with Crippen LogP contribution in [0.2, 0.25) is 5.02 Å². The summed E-state index contributed by atoms with van der Waals surface area (Å²) in [7, 11) is 0. The van der Waals surface area contributed by atoms with Crippen molar-refractivity contribution in [1.29, 1.82) is 0 Å². The maximum atomic E-state index is 9.27. The number of hydrogen-bond acceptors (Lipinski definition) is 4. The lowest BCUT2D eigenvalue weighted by Crippen LogP contribution is -2.53. The van der Waals surface area contributed by atoms with Gasteiger partial charge in [0.1, 0.15) is 12.4 Å². The second-order valence-corrected chi connectivity index (χ2v) is 4.82. The molecule has 0 saturated carbocycles. The zero-order chi connectivity index (χ0) is 12.8. The summed E-state index contributed by atoms with van der Waals surface area (Å²) in [5, 5.41) is 13.3. The van der Waals surface area contributed by atoms with Crippen LogP contribution in [0.15, 0.2) is 24.3 Å². The molecule has 2 rings (SSSR count). The van der Waals surface area contributed by atoms with E-state index in [0.717, 1.165) is 31.9 Å². The third-order valence-corrected chi connectivity index (χ3v) is 3.40. The third-order valence-electron chi connectivity index (χ3n) is 3.14. The molecule has 0 aliphatic carbocycles. The van der Waals surface area contributed by atoms with E-state index < -0.39 is 0 Å². The minimum atomic E-state index is 0.188. The van der Waals surface area contributed by atoms with E-state index in [4.69, 9.17) is 16.3 Å². The third kappa shape index (κ3) is 3.85. The van der Waals surface area contributed by atoms with Crippen LogP contribution < -0.4 is 10.1 Å². The zero-order valence-corrected chi connectivity index (χ0v) is 11.1. The van der Waals surface area contributed by atoms with E-state index in [2.05, 4.69) is 10.2 Å². The highest BCUT2D eigenvalue weighted by atomic mass is 35.5. The number of benzene rings is 1. The second-order valence-electron chi connectivity index (χ2n) is 4.38. The SMILES string of the molecule is OCC1CNCCN1CCOc1ccc(Cl)cc1. The van der Waals surface area contributed by atoms with E-state index in [1.54, 1.807) is 0 Å². The molecular weight excluding hydrogens is 252 g/mol. The highest BCUT2D eigenvalue weighted by Gasteiger charge is 2.20. The predicted molar refractivity (Wildman–Crippen MR) is 72.3 cm³/mol. The van der Waals surface area contributed by atoms with Gasteiger partial charge in [-0.1, -0.05) is 11.6 Å². The van der Waals surface area contributed by atoms with Crippen LogP contribution in [0.1, 0.15) is 0 Å². The molecule has 1 unspecified atom stereocenters. The van der Waals surface area contributed by atoms with Gasteiger partial charge < -0.3 is 15.2 Å². The molecule has 1 atom stereocenters. The molecule has 1 heterocycles. The lowest BCUT2D eigenvalue weighted by molar-refractivity contribution is 0.0868. The monoisotopic (exact) mass is 270 g/mol. The fourth-order valence-corrected chi connectivity index (χ4v) is 2.21. The normalized spacial score (nSPS) is 20.9. The topological polar surface area (TPSA) is 44.7 Å². The molecule has 2 N–H and O–H groups in total. The number of aliphatic hydroxyl groups is 1. The quantitative estimate of drug-likeness (QED) is 0.838. The molecule has 100 valence electrons. The summed E-state index contributed by atoms with van der Waals surface area (Å²) in [6.07, 6.45) is 0. The molecule has 1 aliphatic rings. The standard InChI is InChI=1S/C13H19ClN2O2/c14-11-1-3-13(4-2-11)18-8-7-16-6-5-15-9-12(16)10-17/h1-4,12,15,17H,5-10H2. The van der Waals surface area contributed by atoms with Gasteiger partial charge in [-0.15, -0.1) is 0 Å². The van der Waals surface area contributed by atoms with Crippen molar-refractivity contribution in [3.8, 4) is 5.75 Å². The van der Waals surface area contributed by atoms with Crippen LogP contribution in [0.5, 0.6) is 5.75 Å². The van der Waals surface area contributed by atoms with Crippen LogP contribution in [0.4, 0.5) is 0 Å². The average molecular weight is 271 g/mol. The molecule has 1 aromatic rings. The lowest BCUT2D eigenvalue weighted by atomic mass is 10.2. The highest BCUT2D eigenvalue weighted by molar-refractivity contribution is 6.30. The second kappa shape index (κ2) is 6.95. The molecule has 1 aromatic carbocycles. The van der Waals surface area contributed by atoms with Gasteiger partial charge in [-0.2, -0.15) is 0 Å². The van der Waals surface area contributed by atoms with E-state index in [1.165, 1.54) is 0 Å². The Labute approximate surface area is 113 Å². The fourth-order valence-electron chi connectivity index (χ4n) is 2.09. The Kier molecular flexibility index (Phi) is 5.26. The fraction of sp³-hybridized carbons (Fsp3) is 0.538. The van der Waals surface area contributed by atoms with Crippen LogP contribution >= 0.6 is 11.6 Å². The van der Waals surface area contributed by atoms with Crippen molar-refractivity contribution in [1.82, 2.24) is 10.2 Å². The van der Waals surface area contributed by atoms with Gasteiger partial charge in [-0.05, 0) is 24.3 Å². The molecule has 18 heavy (non-hydrogen) atoms. The van der Waals surface area contributed by atoms with Crippen LogP contribution in [-0.2, 0) is 0 Å². The maximum absolute atomic E-state index is 9.27. The number of halogens is 1. The summed E-state index contributed by atoms with van der Waals surface area (Å²) in [6.45, 7) is 4.41. The van der Waals surface area contributed by atoms with E-state index in [-0.39, 0.29) is 12.6 Å². The highest BCUT2D eigenvalue weighted by Crippen LogP contribution is 2.15. The Morgan fingerprint density at radius 1 is 1.39 bits per heavy atom. The molecule has 1 saturated heterocycles. The van der Waals surface area contributed by atoms with Crippen molar-refractivity contribution in [2.24, 2.45) is 0 Å². The predicted octanol–water partition coefficient (Wildman–Crippen LogP) is 0.985. The summed E-state index contributed by atoms with van der Waals surface area (Å²) in [6, 6.07) is 7.57. The van der Waals surface area contributed by atoms with Crippen molar-refractivity contribution >= 4 is 11.6 Å². The van der Waals surface area contributed by atoms with Crippen molar-refractivity contribution in [3.05, 3.63) is 29.3 Å². The number of aliphatic hydroxyl groups excluding tert-OH is 1. The minimum absolute atomic E-state index is 0.188. The van der Waals surface area contributed by atoms with E-state index in [9.17, 15) is 5.11 Å². The summed E-state index contributed by atoms with van der Waals surface area (Å²) in [5.74, 6) is 0.829. The first-order valence-electron chi connectivity index (χ1n) is 6.23. The number of ether oxygens (including phenoxy) is 1. The Morgan fingerprint density at radius 3 is 2.89 bits per heavy atom. The Hall–Kier alpha value is -0.810. The summed E-state index contributed by atoms with van der Waals surface area (Å²) in [4.78, 5) is 2.26. The Bertz CT molecular complexity index is 359. The van der Waals surface area contributed by atoms with E-state index in [0.29, 0.717) is 11.6 Å². The van der Waals surface area contributed by atoms with Crippen LogP contribution in [-0.4, -0.2) is 55.4 Å². The lowest BCUT2D eigenvalue weighted by Gasteiger charge is -2.34. The van der Waals surface area contributed by atoms with Crippen molar-refractivity contribution in [2.45, 2.75) is 6.04 Å². The molecule has 0 spiro atoms. The molecule has 0 radical (unpaired) electrons. The van der Waals surface area contributed by atoms with Crippen molar-refractivity contribution < 1.29 is 9.84 Å². The minimum Gasteiger partial charge on any atom is -0.492 e. The number of nitrogens with one attached hydrogen (secondary N) is 1. The van der Waals surface area contributed by atoms with E-state index in [1.807, 2.05) is 24.3 Å². The molecular formula is C13H19ClN2O2. The van der Waals surface area contributed by atoms with Gasteiger partial charge in [-0.25, -0.2) is 0 Å².